The number of unbranched alkanes of at least 4 members (excludes halogenated alkanes) is 20. The third-order valence-corrected chi connectivity index (χ3v) is 5.71. The van der Waals surface area contributed by atoms with Gasteiger partial charge in [0.25, 0.3) is 0 Å². The summed E-state index contributed by atoms with van der Waals surface area (Å²) in [6, 6.07) is 0. The van der Waals surface area contributed by atoms with Gasteiger partial charge in [-0.05, 0) is 19.8 Å². The minimum absolute atomic E-state index is 1.24. The quantitative estimate of drug-likeness (QED) is 0.132. The zero-order chi connectivity index (χ0) is 19.1. The van der Waals surface area contributed by atoms with E-state index in [2.05, 4.69) is 20.4 Å². The number of rotatable bonds is 22. The summed E-state index contributed by atoms with van der Waals surface area (Å²) in [5, 5.41) is 0. The molecule has 0 heteroatoms. The minimum atomic E-state index is 1.24. The van der Waals surface area contributed by atoms with E-state index in [0.29, 0.717) is 0 Å². The SMILES string of the molecule is C=C(C)CCCCCCCCCCCCCCCCCCCCCCC. The first kappa shape index (κ1) is 25.7. The highest BCUT2D eigenvalue weighted by molar-refractivity contribution is 4.86. The molecule has 0 aliphatic carbocycles. The lowest BCUT2D eigenvalue weighted by Crippen LogP contribution is -1.84. The number of hydrogen-bond donors (Lipinski definition) is 0. The molecule has 0 radical (unpaired) electrons. The van der Waals surface area contributed by atoms with E-state index in [1.165, 1.54) is 147 Å². The molecule has 0 aliphatic rings. The molecular weight excluding hydrogens is 312 g/mol. The van der Waals surface area contributed by atoms with E-state index >= 15 is 0 Å². The van der Waals surface area contributed by atoms with Crippen molar-refractivity contribution in [3.8, 4) is 0 Å². The molecule has 0 unspecified atom stereocenters. The third kappa shape index (κ3) is 23.7. The Morgan fingerprint density at radius 2 is 0.654 bits per heavy atom. The summed E-state index contributed by atoms with van der Waals surface area (Å²) in [5.41, 5.74) is 1.35. The molecule has 0 fully saturated rings. The molecule has 0 aromatic carbocycles. The summed E-state index contributed by atoms with van der Waals surface area (Å²) in [6.45, 7) is 8.43. The fourth-order valence-corrected chi connectivity index (χ4v) is 3.86. The van der Waals surface area contributed by atoms with Crippen LogP contribution in [0.3, 0.4) is 0 Å². The fourth-order valence-electron chi connectivity index (χ4n) is 3.86. The average molecular weight is 365 g/mol. The van der Waals surface area contributed by atoms with Crippen LogP contribution in [0.15, 0.2) is 12.2 Å². The van der Waals surface area contributed by atoms with E-state index in [9.17, 15) is 0 Å². The smallest absolute Gasteiger partial charge is 0.0326 e. The van der Waals surface area contributed by atoms with Crippen LogP contribution >= 0.6 is 0 Å². The van der Waals surface area contributed by atoms with Crippen LogP contribution in [0, 0.1) is 0 Å². The van der Waals surface area contributed by atoms with Crippen molar-refractivity contribution in [2.24, 2.45) is 0 Å². The van der Waals surface area contributed by atoms with Crippen LogP contribution in [0.5, 0.6) is 0 Å². The Morgan fingerprint density at radius 3 is 0.885 bits per heavy atom. The first-order chi connectivity index (χ1) is 12.8. The molecule has 26 heavy (non-hydrogen) atoms. The maximum atomic E-state index is 3.98. The predicted octanol–water partition coefficient (Wildman–Crippen LogP) is 10.2. The molecule has 156 valence electrons. The molecule has 0 amide bonds. The first-order valence-corrected chi connectivity index (χ1v) is 12.4. The van der Waals surface area contributed by atoms with E-state index < -0.39 is 0 Å². The van der Waals surface area contributed by atoms with Crippen molar-refractivity contribution < 1.29 is 0 Å². The molecule has 0 saturated heterocycles. The minimum Gasteiger partial charge on any atom is -0.100 e. The standard InChI is InChI=1S/C26H52/c1-4-5-6-7-8-9-10-11-12-13-14-15-16-17-18-19-20-21-22-23-24-25-26(2)3/h2,4-25H2,1,3H3. The van der Waals surface area contributed by atoms with Gasteiger partial charge in [-0.2, -0.15) is 0 Å². The highest BCUT2D eigenvalue weighted by Crippen LogP contribution is 2.15. The first-order valence-electron chi connectivity index (χ1n) is 12.4. The van der Waals surface area contributed by atoms with Crippen molar-refractivity contribution in [1.29, 1.82) is 0 Å². The maximum Gasteiger partial charge on any atom is -0.0326 e. The lowest BCUT2D eigenvalue weighted by Gasteiger charge is -2.04. The normalized spacial score (nSPS) is 11.2. The van der Waals surface area contributed by atoms with E-state index in [1.807, 2.05) is 0 Å². The van der Waals surface area contributed by atoms with Gasteiger partial charge >= 0.3 is 0 Å². The largest absolute Gasteiger partial charge is 0.100 e. The van der Waals surface area contributed by atoms with Gasteiger partial charge in [-0.1, -0.05) is 141 Å². The lowest BCUT2D eigenvalue weighted by molar-refractivity contribution is 0.520. The molecule has 0 spiro atoms. The summed E-state index contributed by atoms with van der Waals surface area (Å²) in [4.78, 5) is 0. The second-order valence-electron chi connectivity index (χ2n) is 8.78. The van der Waals surface area contributed by atoms with E-state index in [1.54, 1.807) is 0 Å². The highest BCUT2D eigenvalue weighted by atomic mass is 14.0. The summed E-state index contributed by atoms with van der Waals surface area (Å²) in [5.74, 6) is 0. The van der Waals surface area contributed by atoms with E-state index in [4.69, 9.17) is 0 Å². The predicted molar refractivity (Wildman–Crippen MR) is 122 cm³/mol. The van der Waals surface area contributed by atoms with Gasteiger partial charge in [0.15, 0.2) is 0 Å². The van der Waals surface area contributed by atoms with Gasteiger partial charge in [-0.25, -0.2) is 0 Å². The third-order valence-electron chi connectivity index (χ3n) is 5.71. The molecule has 0 bridgehead atoms. The second-order valence-corrected chi connectivity index (χ2v) is 8.78. The van der Waals surface area contributed by atoms with Crippen molar-refractivity contribution in [1.82, 2.24) is 0 Å². The van der Waals surface area contributed by atoms with Crippen LogP contribution in [0.4, 0.5) is 0 Å². The van der Waals surface area contributed by atoms with Crippen LogP contribution in [0.2, 0.25) is 0 Å². The Labute approximate surface area is 167 Å². The lowest BCUT2D eigenvalue weighted by atomic mass is 10.0. The van der Waals surface area contributed by atoms with Gasteiger partial charge in [0.05, 0.1) is 0 Å². The summed E-state index contributed by atoms with van der Waals surface area (Å²) < 4.78 is 0. The van der Waals surface area contributed by atoms with Crippen molar-refractivity contribution in [3.63, 3.8) is 0 Å². The van der Waals surface area contributed by atoms with Gasteiger partial charge in [-0.15, -0.1) is 6.58 Å². The molecule has 0 N–H and O–H groups in total. The van der Waals surface area contributed by atoms with Gasteiger partial charge in [0, 0.05) is 0 Å². The van der Waals surface area contributed by atoms with Crippen molar-refractivity contribution in [3.05, 3.63) is 12.2 Å². The summed E-state index contributed by atoms with van der Waals surface area (Å²) in [7, 11) is 0. The van der Waals surface area contributed by atoms with Gasteiger partial charge in [-0.3, -0.25) is 0 Å². The van der Waals surface area contributed by atoms with Crippen molar-refractivity contribution in [2.75, 3.05) is 0 Å². The van der Waals surface area contributed by atoms with E-state index in [0.717, 1.165) is 0 Å². The van der Waals surface area contributed by atoms with Gasteiger partial charge < -0.3 is 0 Å². The Hall–Kier alpha value is -0.260. The molecule has 0 aromatic rings. The second kappa shape index (κ2) is 22.8. The Bertz CT molecular complexity index is 265. The van der Waals surface area contributed by atoms with Gasteiger partial charge in [0.1, 0.15) is 0 Å². The number of allylic oxidation sites excluding steroid dienone is 1. The number of hydrogen-bond acceptors (Lipinski definition) is 0. The molecule has 0 heterocycles. The van der Waals surface area contributed by atoms with Crippen LogP contribution < -0.4 is 0 Å². The zero-order valence-corrected chi connectivity index (χ0v) is 18.8. The zero-order valence-electron chi connectivity index (χ0n) is 18.8. The molecule has 0 rings (SSSR count). The highest BCUT2D eigenvalue weighted by Gasteiger charge is 1.95. The Balaban J connectivity index is 2.98. The molecule has 0 aliphatic heterocycles. The molecule has 0 nitrogen and oxygen atoms in total. The summed E-state index contributed by atoms with van der Waals surface area (Å²) >= 11 is 0. The van der Waals surface area contributed by atoms with Crippen molar-refractivity contribution in [2.45, 2.75) is 155 Å². The molecule has 0 saturated carbocycles. The van der Waals surface area contributed by atoms with Crippen LogP contribution in [-0.2, 0) is 0 Å². The van der Waals surface area contributed by atoms with Crippen LogP contribution in [0.25, 0.3) is 0 Å². The Morgan fingerprint density at radius 1 is 0.423 bits per heavy atom. The molecule has 0 atom stereocenters. The maximum absolute atomic E-state index is 3.98. The molecular formula is C26H52. The van der Waals surface area contributed by atoms with Crippen molar-refractivity contribution >= 4 is 0 Å². The van der Waals surface area contributed by atoms with Gasteiger partial charge in [0.2, 0.25) is 0 Å². The monoisotopic (exact) mass is 364 g/mol. The topological polar surface area (TPSA) is 0 Å². The van der Waals surface area contributed by atoms with Crippen LogP contribution in [-0.4, -0.2) is 0 Å². The Kier molecular flexibility index (Phi) is 22.6. The molecule has 0 aromatic heterocycles. The van der Waals surface area contributed by atoms with Crippen LogP contribution in [0.1, 0.15) is 155 Å². The fraction of sp³-hybridized carbons (Fsp3) is 0.923. The van der Waals surface area contributed by atoms with E-state index in [-0.39, 0.29) is 0 Å². The average Bonchev–Trinajstić information content (AvgIpc) is 2.62. The summed E-state index contributed by atoms with van der Waals surface area (Å²) in [6.07, 6.45) is 31.9.